The number of para-hydroxylation sites is 1. The molecule has 2 atom stereocenters. The first-order valence-electron chi connectivity index (χ1n) is 10.5. The number of fused-ring (bicyclic) bond motifs is 4. The number of hydrogen-bond acceptors (Lipinski definition) is 3. The minimum absolute atomic E-state index is 0.0146. The number of methoxy groups -OCH3 is 1. The molecular formula is C24H24BrN3O3. The van der Waals surface area contributed by atoms with E-state index in [-0.39, 0.29) is 24.4 Å². The van der Waals surface area contributed by atoms with Gasteiger partial charge in [-0.3, -0.25) is 9.59 Å². The first kappa shape index (κ1) is 20.3. The van der Waals surface area contributed by atoms with Crippen LogP contribution in [0.3, 0.4) is 0 Å². The van der Waals surface area contributed by atoms with Gasteiger partial charge in [0.2, 0.25) is 11.8 Å². The average molecular weight is 482 g/mol. The molecular weight excluding hydrogens is 458 g/mol. The van der Waals surface area contributed by atoms with Crippen LogP contribution in [0.4, 0.5) is 0 Å². The van der Waals surface area contributed by atoms with Crippen molar-refractivity contribution in [3.8, 4) is 0 Å². The van der Waals surface area contributed by atoms with Crippen molar-refractivity contribution in [2.24, 2.45) is 0 Å². The Balaban J connectivity index is 1.61. The Kier molecular flexibility index (Phi) is 5.32. The number of nitrogens with zero attached hydrogens (tertiary/aromatic N) is 2. The lowest BCUT2D eigenvalue weighted by molar-refractivity contribution is -0.158. The highest BCUT2D eigenvalue weighted by molar-refractivity contribution is 9.10. The predicted molar refractivity (Wildman–Crippen MR) is 122 cm³/mol. The summed E-state index contributed by atoms with van der Waals surface area (Å²) in [5.74, 6) is 0.00740. The van der Waals surface area contributed by atoms with E-state index in [1.165, 1.54) is 0 Å². The maximum Gasteiger partial charge on any atom is 0.246 e. The summed E-state index contributed by atoms with van der Waals surface area (Å²) in [5, 5.41) is 1.12. The quantitative estimate of drug-likeness (QED) is 0.565. The molecule has 2 amide bonds. The first-order chi connectivity index (χ1) is 15.1. The van der Waals surface area contributed by atoms with Gasteiger partial charge < -0.3 is 19.5 Å². The summed E-state index contributed by atoms with van der Waals surface area (Å²) in [5.41, 5.74) is 4.17. The SMILES string of the molecule is COCCCN1CC(=O)N2[C@H](c3ccc(Br)cc3)c3[nH]c4ccccc4c3C[C@H]2C1=O. The topological polar surface area (TPSA) is 65.6 Å². The summed E-state index contributed by atoms with van der Waals surface area (Å²) < 4.78 is 6.11. The number of piperazine rings is 1. The molecule has 2 aliphatic heterocycles. The molecule has 3 aromatic rings. The van der Waals surface area contributed by atoms with E-state index in [1.807, 2.05) is 42.5 Å². The fourth-order valence-corrected chi connectivity index (χ4v) is 5.17. The van der Waals surface area contributed by atoms with Gasteiger partial charge in [0.05, 0.1) is 12.6 Å². The van der Waals surface area contributed by atoms with Gasteiger partial charge in [0.1, 0.15) is 6.04 Å². The fourth-order valence-electron chi connectivity index (χ4n) is 4.90. The van der Waals surface area contributed by atoms with E-state index in [0.717, 1.165) is 38.6 Å². The minimum atomic E-state index is -0.496. The molecule has 0 bridgehead atoms. The number of hydrogen-bond donors (Lipinski definition) is 1. The number of carbonyl (C=O) groups is 2. The number of aromatic amines is 1. The summed E-state index contributed by atoms with van der Waals surface area (Å²) in [4.78, 5) is 33.9. The standard InChI is InChI=1S/C24H24BrN3O3/c1-31-12-4-11-27-14-21(29)28-20(24(27)30)13-18-17-5-2-3-6-19(17)26-22(18)23(28)15-7-9-16(25)10-8-15/h2-3,5-10,20,23,26H,4,11-14H2,1H3/t20-,23+/m0/s1. The molecule has 160 valence electrons. The lowest BCUT2D eigenvalue weighted by atomic mass is 9.86. The normalized spacial score (nSPS) is 20.8. The zero-order valence-corrected chi connectivity index (χ0v) is 18.9. The van der Waals surface area contributed by atoms with Crippen molar-refractivity contribution in [2.75, 3.05) is 26.8 Å². The van der Waals surface area contributed by atoms with Gasteiger partial charge in [-0.05, 0) is 35.7 Å². The Bertz CT molecular complexity index is 1140. The molecule has 31 heavy (non-hydrogen) atoms. The largest absolute Gasteiger partial charge is 0.385 e. The molecule has 0 radical (unpaired) electrons. The summed E-state index contributed by atoms with van der Waals surface area (Å²) in [6.07, 6.45) is 1.24. The van der Waals surface area contributed by atoms with Crippen molar-refractivity contribution in [2.45, 2.75) is 24.9 Å². The zero-order valence-electron chi connectivity index (χ0n) is 17.3. The molecule has 0 saturated carbocycles. The molecule has 2 aliphatic rings. The molecule has 7 heteroatoms. The second kappa shape index (κ2) is 8.13. The van der Waals surface area contributed by atoms with Gasteiger partial charge in [-0.1, -0.05) is 46.3 Å². The van der Waals surface area contributed by atoms with Gasteiger partial charge in [-0.15, -0.1) is 0 Å². The fraction of sp³-hybridized carbons (Fsp3) is 0.333. The maximum atomic E-state index is 13.5. The van der Waals surface area contributed by atoms with E-state index in [2.05, 4.69) is 27.0 Å². The number of aromatic nitrogens is 1. The second-order valence-electron chi connectivity index (χ2n) is 8.14. The maximum absolute atomic E-state index is 13.5. The summed E-state index contributed by atoms with van der Waals surface area (Å²) in [6.45, 7) is 1.22. The van der Waals surface area contributed by atoms with E-state index in [9.17, 15) is 9.59 Å². The van der Waals surface area contributed by atoms with Crippen LogP contribution >= 0.6 is 15.9 Å². The van der Waals surface area contributed by atoms with Crippen LogP contribution in [0.25, 0.3) is 10.9 Å². The Labute approximate surface area is 189 Å². The Morgan fingerprint density at radius 2 is 1.90 bits per heavy atom. The number of ether oxygens (including phenoxy) is 1. The average Bonchev–Trinajstić information content (AvgIpc) is 3.15. The van der Waals surface area contributed by atoms with Crippen molar-refractivity contribution in [3.05, 3.63) is 69.8 Å². The monoisotopic (exact) mass is 481 g/mol. The minimum Gasteiger partial charge on any atom is -0.385 e. The van der Waals surface area contributed by atoms with Crippen molar-refractivity contribution in [1.29, 1.82) is 0 Å². The van der Waals surface area contributed by atoms with E-state index in [1.54, 1.807) is 16.9 Å². The van der Waals surface area contributed by atoms with Crippen LogP contribution in [0.15, 0.2) is 53.0 Å². The predicted octanol–water partition coefficient (Wildman–Crippen LogP) is 3.65. The summed E-state index contributed by atoms with van der Waals surface area (Å²) >= 11 is 3.50. The Morgan fingerprint density at radius 1 is 1.13 bits per heavy atom. The van der Waals surface area contributed by atoms with Gasteiger partial charge in [0, 0.05) is 47.8 Å². The molecule has 5 rings (SSSR count). The zero-order chi connectivity index (χ0) is 21.5. The highest BCUT2D eigenvalue weighted by atomic mass is 79.9. The lowest BCUT2D eigenvalue weighted by Crippen LogP contribution is -2.63. The smallest absolute Gasteiger partial charge is 0.246 e. The van der Waals surface area contributed by atoms with E-state index >= 15 is 0 Å². The van der Waals surface area contributed by atoms with Crippen molar-refractivity contribution < 1.29 is 14.3 Å². The van der Waals surface area contributed by atoms with Crippen molar-refractivity contribution in [3.63, 3.8) is 0 Å². The van der Waals surface area contributed by atoms with Crippen LogP contribution in [0, 0.1) is 0 Å². The number of amides is 2. The van der Waals surface area contributed by atoms with Crippen LogP contribution in [-0.4, -0.2) is 59.4 Å². The molecule has 1 N–H and O–H groups in total. The molecule has 0 spiro atoms. The second-order valence-corrected chi connectivity index (χ2v) is 9.06. The summed E-state index contributed by atoms with van der Waals surface area (Å²) in [6, 6.07) is 15.3. The van der Waals surface area contributed by atoms with Crippen LogP contribution in [0.2, 0.25) is 0 Å². The van der Waals surface area contributed by atoms with Crippen LogP contribution in [0.5, 0.6) is 0 Å². The summed E-state index contributed by atoms with van der Waals surface area (Å²) in [7, 11) is 1.65. The molecule has 1 saturated heterocycles. The molecule has 0 aliphatic carbocycles. The Hall–Kier alpha value is -2.64. The van der Waals surface area contributed by atoms with Crippen molar-refractivity contribution in [1.82, 2.24) is 14.8 Å². The molecule has 1 fully saturated rings. The third kappa shape index (κ3) is 3.46. The van der Waals surface area contributed by atoms with Gasteiger partial charge in [-0.25, -0.2) is 0 Å². The number of H-pyrrole nitrogens is 1. The Morgan fingerprint density at radius 3 is 2.68 bits per heavy atom. The third-order valence-corrected chi connectivity index (χ3v) is 6.83. The van der Waals surface area contributed by atoms with Gasteiger partial charge in [-0.2, -0.15) is 0 Å². The third-order valence-electron chi connectivity index (χ3n) is 6.30. The highest BCUT2D eigenvalue weighted by Gasteiger charge is 2.47. The molecule has 0 unspecified atom stereocenters. The van der Waals surface area contributed by atoms with Crippen LogP contribution in [0.1, 0.15) is 29.3 Å². The number of rotatable bonds is 5. The number of benzene rings is 2. The van der Waals surface area contributed by atoms with Crippen molar-refractivity contribution >= 4 is 38.6 Å². The van der Waals surface area contributed by atoms with Gasteiger partial charge in [0.25, 0.3) is 0 Å². The molecule has 3 heterocycles. The van der Waals surface area contributed by atoms with Crippen LogP contribution < -0.4 is 0 Å². The van der Waals surface area contributed by atoms with E-state index in [0.29, 0.717) is 19.6 Å². The van der Waals surface area contributed by atoms with E-state index in [4.69, 9.17) is 4.74 Å². The van der Waals surface area contributed by atoms with Gasteiger partial charge in [0.15, 0.2) is 0 Å². The van der Waals surface area contributed by atoms with Gasteiger partial charge >= 0.3 is 0 Å². The molecule has 2 aromatic carbocycles. The number of carbonyl (C=O) groups excluding carboxylic acids is 2. The number of nitrogens with one attached hydrogen (secondary N) is 1. The first-order valence-corrected chi connectivity index (χ1v) is 11.3. The highest BCUT2D eigenvalue weighted by Crippen LogP contribution is 2.42. The molecule has 6 nitrogen and oxygen atoms in total. The van der Waals surface area contributed by atoms with Crippen LogP contribution in [-0.2, 0) is 20.7 Å². The van der Waals surface area contributed by atoms with E-state index < -0.39 is 6.04 Å². The lowest BCUT2D eigenvalue weighted by Gasteiger charge is -2.47. The number of halogens is 1. The molecule has 1 aromatic heterocycles.